The van der Waals surface area contributed by atoms with Crippen LogP contribution >= 0.6 is 11.3 Å². The average molecular weight is 266 g/mol. The van der Waals surface area contributed by atoms with Crippen molar-refractivity contribution in [3.05, 3.63) is 11.4 Å². The van der Waals surface area contributed by atoms with Gasteiger partial charge in [-0.2, -0.15) is 4.98 Å². The molecule has 98 valence electrons. The Bertz CT molecular complexity index is 514. The van der Waals surface area contributed by atoms with Crippen molar-refractivity contribution >= 4 is 33.3 Å². The summed E-state index contributed by atoms with van der Waals surface area (Å²) in [7, 11) is 0. The van der Waals surface area contributed by atoms with Crippen LogP contribution in [0.2, 0.25) is 0 Å². The summed E-state index contributed by atoms with van der Waals surface area (Å²) >= 11 is 1.55. The molecule has 3 N–H and O–H groups in total. The Morgan fingerprint density at radius 2 is 2.22 bits per heavy atom. The number of aliphatic hydroxyl groups is 1. The molecule has 0 aliphatic rings. The van der Waals surface area contributed by atoms with Gasteiger partial charge in [0.15, 0.2) is 0 Å². The van der Waals surface area contributed by atoms with E-state index < -0.39 is 0 Å². The molecule has 0 aliphatic carbocycles. The predicted molar refractivity (Wildman–Crippen MR) is 76.0 cm³/mol. The van der Waals surface area contributed by atoms with Gasteiger partial charge >= 0.3 is 0 Å². The van der Waals surface area contributed by atoms with Gasteiger partial charge in [0, 0.05) is 13.1 Å². The minimum Gasteiger partial charge on any atom is -0.395 e. The Labute approximate surface area is 110 Å². The van der Waals surface area contributed by atoms with Crippen LogP contribution in [0.25, 0.3) is 10.2 Å². The standard InChI is InChI=1S/C12H18N4OS/c1-2-3-5-16(6-7-17)10-9-4-8-18-11(9)15-12(13)14-10/h4,8,17H,2-3,5-7H2,1H3,(H2,13,14,15). The van der Waals surface area contributed by atoms with Crippen LogP contribution in [0.4, 0.5) is 11.8 Å². The number of rotatable bonds is 6. The van der Waals surface area contributed by atoms with Crippen LogP contribution in [0.5, 0.6) is 0 Å². The molecular weight excluding hydrogens is 248 g/mol. The summed E-state index contributed by atoms with van der Waals surface area (Å²) in [6.07, 6.45) is 2.17. The molecule has 6 heteroatoms. The fraction of sp³-hybridized carbons (Fsp3) is 0.500. The van der Waals surface area contributed by atoms with Crippen molar-refractivity contribution in [1.82, 2.24) is 9.97 Å². The lowest BCUT2D eigenvalue weighted by Crippen LogP contribution is -2.29. The zero-order valence-corrected chi connectivity index (χ0v) is 11.3. The Morgan fingerprint density at radius 1 is 1.39 bits per heavy atom. The number of nitrogens with two attached hydrogens (primary N) is 1. The monoisotopic (exact) mass is 266 g/mol. The highest BCUT2D eigenvalue weighted by Gasteiger charge is 2.13. The number of aliphatic hydroxyl groups excluding tert-OH is 1. The van der Waals surface area contributed by atoms with E-state index in [1.807, 2.05) is 11.4 Å². The Morgan fingerprint density at radius 3 is 2.94 bits per heavy atom. The second-order valence-electron chi connectivity index (χ2n) is 4.11. The molecule has 0 saturated heterocycles. The molecule has 5 nitrogen and oxygen atoms in total. The molecule has 0 aromatic carbocycles. The van der Waals surface area contributed by atoms with Crippen LogP contribution in [-0.4, -0.2) is 34.8 Å². The maximum absolute atomic E-state index is 9.18. The fourth-order valence-electron chi connectivity index (χ4n) is 1.89. The molecule has 0 saturated carbocycles. The van der Waals surface area contributed by atoms with Crippen LogP contribution in [0.1, 0.15) is 19.8 Å². The summed E-state index contributed by atoms with van der Waals surface area (Å²) in [5, 5.41) is 12.2. The van der Waals surface area contributed by atoms with Crippen molar-refractivity contribution in [1.29, 1.82) is 0 Å². The number of fused-ring (bicyclic) bond motifs is 1. The van der Waals surface area contributed by atoms with Gasteiger partial charge in [0.05, 0.1) is 12.0 Å². The van der Waals surface area contributed by atoms with Gasteiger partial charge in [0.1, 0.15) is 10.6 Å². The van der Waals surface area contributed by atoms with E-state index in [-0.39, 0.29) is 6.61 Å². The molecule has 0 fully saturated rings. The van der Waals surface area contributed by atoms with E-state index in [1.165, 1.54) is 0 Å². The lowest BCUT2D eigenvalue weighted by Gasteiger charge is -2.23. The average Bonchev–Trinajstić information content (AvgIpc) is 2.81. The molecule has 2 rings (SSSR count). The Hall–Kier alpha value is -1.40. The number of aromatic nitrogens is 2. The van der Waals surface area contributed by atoms with Crippen molar-refractivity contribution in [3.8, 4) is 0 Å². The fourth-order valence-corrected chi connectivity index (χ4v) is 2.66. The highest BCUT2D eigenvalue weighted by molar-refractivity contribution is 7.16. The van der Waals surface area contributed by atoms with Gasteiger partial charge in [-0.1, -0.05) is 13.3 Å². The summed E-state index contributed by atoms with van der Waals surface area (Å²) in [6.45, 7) is 3.70. The van der Waals surface area contributed by atoms with E-state index in [0.717, 1.165) is 35.4 Å². The molecular formula is C12H18N4OS. The highest BCUT2D eigenvalue weighted by Crippen LogP contribution is 2.28. The highest BCUT2D eigenvalue weighted by atomic mass is 32.1. The maximum Gasteiger partial charge on any atom is 0.223 e. The first kappa shape index (κ1) is 13.0. The third-order valence-electron chi connectivity index (χ3n) is 2.77. The van der Waals surface area contributed by atoms with Gasteiger partial charge in [0.25, 0.3) is 0 Å². The zero-order chi connectivity index (χ0) is 13.0. The van der Waals surface area contributed by atoms with Gasteiger partial charge in [-0.25, -0.2) is 4.98 Å². The molecule has 0 aliphatic heterocycles. The third-order valence-corrected chi connectivity index (χ3v) is 3.58. The topological polar surface area (TPSA) is 75.3 Å². The molecule has 0 amide bonds. The number of anilines is 2. The van der Waals surface area contributed by atoms with E-state index in [4.69, 9.17) is 5.73 Å². The van der Waals surface area contributed by atoms with Crippen molar-refractivity contribution in [2.24, 2.45) is 0 Å². The molecule has 0 spiro atoms. The first-order chi connectivity index (χ1) is 8.76. The van der Waals surface area contributed by atoms with Crippen molar-refractivity contribution in [3.63, 3.8) is 0 Å². The number of nitrogen functional groups attached to an aromatic ring is 1. The number of unbranched alkanes of at least 4 members (excludes halogenated alkanes) is 1. The first-order valence-electron chi connectivity index (χ1n) is 6.12. The molecule has 18 heavy (non-hydrogen) atoms. The molecule has 0 radical (unpaired) electrons. The van der Waals surface area contributed by atoms with Crippen LogP contribution in [-0.2, 0) is 0 Å². The van der Waals surface area contributed by atoms with Gasteiger partial charge < -0.3 is 15.7 Å². The van der Waals surface area contributed by atoms with Gasteiger partial charge in [-0.05, 0) is 17.9 Å². The maximum atomic E-state index is 9.18. The van der Waals surface area contributed by atoms with E-state index in [2.05, 4.69) is 21.8 Å². The van der Waals surface area contributed by atoms with Crippen LogP contribution in [0.3, 0.4) is 0 Å². The summed E-state index contributed by atoms with van der Waals surface area (Å²) < 4.78 is 0. The Balaban J connectivity index is 2.38. The van der Waals surface area contributed by atoms with Gasteiger partial charge in [0.2, 0.25) is 5.95 Å². The third kappa shape index (κ3) is 2.70. The summed E-state index contributed by atoms with van der Waals surface area (Å²) in [5.41, 5.74) is 5.74. The molecule has 0 bridgehead atoms. The molecule has 2 heterocycles. The first-order valence-corrected chi connectivity index (χ1v) is 7.00. The largest absolute Gasteiger partial charge is 0.395 e. The Kier molecular flexibility index (Phi) is 4.33. The van der Waals surface area contributed by atoms with Gasteiger partial charge in [-0.15, -0.1) is 11.3 Å². The quantitative estimate of drug-likeness (QED) is 0.835. The normalized spacial score (nSPS) is 11.0. The molecule has 0 atom stereocenters. The molecule has 2 aromatic rings. The zero-order valence-electron chi connectivity index (χ0n) is 10.5. The van der Waals surface area contributed by atoms with E-state index in [0.29, 0.717) is 12.5 Å². The smallest absolute Gasteiger partial charge is 0.223 e. The number of hydrogen-bond acceptors (Lipinski definition) is 6. The second kappa shape index (κ2) is 5.97. The van der Waals surface area contributed by atoms with Crippen LogP contribution < -0.4 is 10.6 Å². The summed E-state index contributed by atoms with van der Waals surface area (Å²) in [6, 6.07) is 2.01. The summed E-state index contributed by atoms with van der Waals surface area (Å²) in [4.78, 5) is 11.5. The van der Waals surface area contributed by atoms with Gasteiger partial charge in [-0.3, -0.25) is 0 Å². The second-order valence-corrected chi connectivity index (χ2v) is 5.00. The number of nitrogens with zero attached hydrogens (tertiary/aromatic N) is 3. The minimum absolute atomic E-state index is 0.110. The SMILES string of the molecule is CCCCN(CCO)c1nc(N)nc2sccc12. The lowest BCUT2D eigenvalue weighted by molar-refractivity contribution is 0.301. The predicted octanol–water partition coefficient (Wildman–Crippen LogP) is 1.87. The molecule has 2 aromatic heterocycles. The molecule has 0 unspecified atom stereocenters. The summed E-state index contributed by atoms with van der Waals surface area (Å²) in [5.74, 6) is 1.13. The number of thiophene rings is 1. The van der Waals surface area contributed by atoms with E-state index >= 15 is 0 Å². The number of hydrogen-bond donors (Lipinski definition) is 2. The van der Waals surface area contributed by atoms with Crippen LogP contribution in [0.15, 0.2) is 11.4 Å². The van der Waals surface area contributed by atoms with Crippen LogP contribution in [0, 0.1) is 0 Å². The van der Waals surface area contributed by atoms with Crippen molar-refractivity contribution < 1.29 is 5.11 Å². The van der Waals surface area contributed by atoms with Crippen molar-refractivity contribution in [2.75, 3.05) is 30.3 Å². The van der Waals surface area contributed by atoms with E-state index in [9.17, 15) is 5.11 Å². The minimum atomic E-state index is 0.110. The van der Waals surface area contributed by atoms with E-state index in [1.54, 1.807) is 11.3 Å². The van der Waals surface area contributed by atoms with Crippen molar-refractivity contribution in [2.45, 2.75) is 19.8 Å². The lowest BCUT2D eigenvalue weighted by atomic mass is 10.3.